The molecule has 0 aliphatic rings. The number of carbonyl (C=O) groups excluding carboxylic acids is 1. The first kappa shape index (κ1) is 17.5. The van der Waals surface area contributed by atoms with E-state index in [1.807, 2.05) is 0 Å². The van der Waals surface area contributed by atoms with E-state index in [0.717, 1.165) is 6.42 Å². The van der Waals surface area contributed by atoms with E-state index in [1.54, 1.807) is 0 Å². The minimum absolute atomic E-state index is 0.159. The van der Waals surface area contributed by atoms with Crippen molar-refractivity contribution < 1.29 is 9.53 Å². The van der Waals surface area contributed by atoms with Crippen LogP contribution in [0.3, 0.4) is 0 Å². The van der Waals surface area contributed by atoms with Gasteiger partial charge in [0.2, 0.25) is 0 Å². The average Bonchev–Trinajstić information content (AvgIpc) is 2.38. The Morgan fingerprint density at radius 2 is 1.39 bits per heavy atom. The summed E-state index contributed by atoms with van der Waals surface area (Å²) in [7, 11) is 0. The van der Waals surface area contributed by atoms with Gasteiger partial charge < -0.3 is 4.74 Å². The normalized spacial score (nSPS) is 11.6. The molecule has 0 aromatic carbocycles. The molecule has 108 valence electrons. The fourth-order valence-electron chi connectivity index (χ4n) is 2.63. The maximum Gasteiger partial charge on any atom is 0.302 e. The molecule has 0 aromatic heterocycles. The lowest BCUT2D eigenvalue weighted by Gasteiger charge is -2.30. The highest BCUT2D eigenvalue weighted by atomic mass is 16.5. The van der Waals surface area contributed by atoms with E-state index in [4.69, 9.17) is 4.74 Å². The third kappa shape index (κ3) is 7.73. The summed E-state index contributed by atoms with van der Waals surface area (Å²) in [5.41, 5.74) is 0.595. The molecule has 0 spiro atoms. The predicted octanol–water partition coefficient (Wildman–Crippen LogP) is 5.11. The van der Waals surface area contributed by atoms with Crippen molar-refractivity contribution >= 4 is 5.97 Å². The van der Waals surface area contributed by atoms with Crippen molar-refractivity contribution in [1.82, 2.24) is 0 Å². The predicted molar refractivity (Wildman–Crippen MR) is 77.6 cm³/mol. The van der Waals surface area contributed by atoms with Crippen LogP contribution in [0.4, 0.5) is 0 Å². The van der Waals surface area contributed by atoms with Gasteiger partial charge in [-0.1, -0.05) is 65.7 Å². The third-order valence-corrected chi connectivity index (χ3v) is 4.41. The quantitative estimate of drug-likeness (QED) is 0.379. The molecule has 2 heteroatoms. The van der Waals surface area contributed by atoms with E-state index in [1.165, 1.54) is 58.3 Å². The molecule has 0 bridgehead atoms. The summed E-state index contributed by atoms with van der Waals surface area (Å²) in [4.78, 5) is 10.6. The molecule has 0 heterocycles. The SMILES string of the molecule is CCC(CC)(CC)CCCCCCCOC(C)=O. The lowest BCUT2D eigenvalue weighted by molar-refractivity contribution is -0.141. The summed E-state index contributed by atoms with van der Waals surface area (Å²) in [6, 6.07) is 0. The molecule has 0 N–H and O–H groups in total. The second-order valence-corrected chi connectivity index (χ2v) is 5.42. The summed E-state index contributed by atoms with van der Waals surface area (Å²) in [5.74, 6) is -0.159. The zero-order valence-corrected chi connectivity index (χ0v) is 12.9. The molecule has 0 aliphatic carbocycles. The number of ether oxygens (including phenoxy) is 1. The highest BCUT2D eigenvalue weighted by molar-refractivity contribution is 5.65. The van der Waals surface area contributed by atoms with E-state index < -0.39 is 0 Å². The first-order chi connectivity index (χ1) is 8.60. The van der Waals surface area contributed by atoms with Gasteiger partial charge in [-0.3, -0.25) is 4.79 Å². The standard InChI is InChI=1S/C16H32O2/c1-5-16(6-2,7-3)13-11-9-8-10-12-14-18-15(4)17/h5-14H2,1-4H3. The van der Waals surface area contributed by atoms with Crippen LogP contribution in [0, 0.1) is 5.41 Å². The second-order valence-electron chi connectivity index (χ2n) is 5.42. The topological polar surface area (TPSA) is 26.3 Å². The third-order valence-electron chi connectivity index (χ3n) is 4.41. The molecular formula is C16H32O2. The van der Waals surface area contributed by atoms with Gasteiger partial charge in [-0.25, -0.2) is 0 Å². The Morgan fingerprint density at radius 1 is 0.889 bits per heavy atom. The van der Waals surface area contributed by atoms with Gasteiger partial charge in [0.1, 0.15) is 0 Å². The molecule has 0 aromatic rings. The Hall–Kier alpha value is -0.530. The molecular weight excluding hydrogens is 224 g/mol. The van der Waals surface area contributed by atoms with E-state index in [2.05, 4.69) is 20.8 Å². The fraction of sp³-hybridized carbons (Fsp3) is 0.938. The Bertz CT molecular complexity index is 199. The van der Waals surface area contributed by atoms with E-state index in [0.29, 0.717) is 12.0 Å². The van der Waals surface area contributed by atoms with Crippen LogP contribution < -0.4 is 0 Å². The number of carbonyl (C=O) groups is 1. The first-order valence-electron chi connectivity index (χ1n) is 7.73. The smallest absolute Gasteiger partial charge is 0.302 e. The molecule has 0 atom stereocenters. The molecule has 0 unspecified atom stereocenters. The van der Waals surface area contributed by atoms with Crippen LogP contribution in [0.1, 0.15) is 85.5 Å². The summed E-state index contributed by atoms with van der Waals surface area (Å²) in [6.45, 7) is 9.04. The highest BCUT2D eigenvalue weighted by Gasteiger charge is 2.22. The van der Waals surface area contributed by atoms with Crippen molar-refractivity contribution in [2.24, 2.45) is 5.41 Å². The van der Waals surface area contributed by atoms with E-state index in [-0.39, 0.29) is 5.97 Å². The van der Waals surface area contributed by atoms with Crippen molar-refractivity contribution in [2.75, 3.05) is 6.61 Å². The molecule has 18 heavy (non-hydrogen) atoms. The molecule has 0 saturated carbocycles. The number of esters is 1. The van der Waals surface area contributed by atoms with Gasteiger partial charge in [-0.05, 0) is 18.3 Å². The molecule has 0 fully saturated rings. The summed E-state index contributed by atoms with van der Waals surface area (Å²) in [5, 5.41) is 0. The minimum atomic E-state index is -0.159. The molecule has 0 radical (unpaired) electrons. The van der Waals surface area contributed by atoms with Crippen LogP contribution in [-0.4, -0.2) is 12.6 Å². The molecule has 2 nitrogen and oxygen atoms in total. The van der Waals surface area contributed by atoms with Crippen molar-refractivity contribution in [1.29, 1.82) is 0 Å². The average molecular weight is 256 g/mol. The van der Waals surface area contributed by atoms with Crippen molar-refractivity contribution in [3.05, 3.63) is 0 Å². The Morgan fingerprint density at radius 3 is 1.89 bits per heavy atom. The van der Waals surface area contributed by atoms with Crippen LogP contribution >= 0.6 is 0 Å². The van der Waals surface area contributed by atoms with Crippen LogP contribution in [-0.2, 0) is 9.53 Å². The number of unbranched alkanes of at least 4 members (excludes halogenated alkanes) is 4. The lowest BCUT2D eigenvalue weighted by Crippen LogP contribution is -2.17. The monoisotopic (exact) mass is 256 g/mol. The maximum atomic E-state index is 10.6. The van der Waals surface area contributed by atoms with Gasteiger partial charge in [0.05, 0.1) is 6.61 Å². The zero-order valence-electron chi connectivity index (χ0n) is 12.9. The molecule has 0 aliphatic heterocycles. The molecule has 0 saturated heterocycles. The van der Waals surface area contributed by atoms with Crippen molar-refractivity contribution in [2.45, 2.75) is 85.5 Å². The minimum Gasteiger partial charge on any atom is -0.466 e. The van der Waals surface area contributed by atoms with Gasteiger partial charge in [-0.15, -0.1) is 0 Å². The van der Waals surface area contributed by atoms with E-state index in [9.17, 15) is 4.79 Å². The van der Waals surface area contributed by atoms with Crippen molar-refractivity contribution in [3.63, 3.8) is 0 Å². The Balaban J connectivity index is 3.47. The number of hydrogen-bond donors (Lipinski definition) is 0. The van der Waals surface area contributed by atoms with Crippen LogP contribution in [0.25, 0.3) is 0 Å². The van der Waals surface area contributed by atoms with Crippen LogP contribution in [0.2, 0.25) is 0 Å². The van der Waals surface area contributed by atoms with Gasteiger partial charge in [-0.2, -0.15) is 0 Å². The highest BCUT2D eigenvalue weighted by Crippen LogP contribution is 2.36. The van der Waals surface area contributed by atoms with Crippen LogP contribution in [0.5, 0.6) is 0 Å². The maximum absolute atomic E-state index is 10.6. The Labute approximate surface area is 113 Å². The fourth-order valence-corrected chi connectivity index (χ4v) is 2.63. The summed E-state index contributed by atoms with van der Waals surface area (Å²) >= 11 is 0. The number of hydrogen-bond acceptors (Lipinski definition) is 2. The summed E-state index contributed by atoms with van der Waals surface area (Å²) in [6.07, 6.45) is 11.5. The van der Waals surface area contributed by atoms with Gasteiger partial charge in [0.15, 0.2) is 0 Å². The first-order valence-corrected chi connectivity index (χ1v) is 7.73. The molecule has 0 rings (SSSR count). The lowest BCUT2D eigenvalue weighted by atomic mass is 9.75. The zero-order chi connectivity index (χ0) is 13.9. The van der Waals surface area contributed by atoms with Gasteiger partial charge in [0.25, 0.3) is 0 Å². The largest absolute Gasteiger partial charge is 0.466 e. The van der Waals surface area contributed by atoms with Crippen LogP contribution in [0.15, 0.2) is 0 Å². The van der Waals surface area contributed by atoms with Gasteiger partial charge >= 0.3 is 5.97 Å². The van der Waals surface area contributed by atoms with E-state index >= 15 is 0 Å². The van der Waals surface area contributed by atoms with Crippen molar-refractivity contribution in [3.8, 4) is 0 Å². The second kappa shape index (κ2) is 10.4. The number of rotatable bonds is 11. The van der Waals surface area contributed by atoms with Gasteiger partial charge in [0, 0.05) is 6.92 Å². The molecule has 0 amide bonds. The Kier molecular flexibility index (Phi) is 10.1. The summed E-state index contributed by atoms with van der Waals surface area (Å²) < 4.78 is 4.92.